The van der Waals surface area contributed by atoms with Gasteiger partial charge in [0, 0.05) is 5.56 Å². The van der Waals surface area contributed by atoms with E-state index in [1.165, 1.54) is 18.2 Å². The summed E-state index contributed by atoms with van der Waals surface area (Å²) in [5, 5.41) is 0. The van der Waals surface area contributed by atoms with Crippen molar-refractivity contribution in [3.8, 4) is 11.1 Å². The van der Waals surface area contributed by atoms with Crippen LogP contribution in [0.4, 0.5) is 4.39 Å². The van der Waals surface area contributed by atoms with Gasteiger partial charge in [-0.3, -0.25) is 0 Å². The van der Waals surface area contributed by atoms with Gasteiger partial charge in [0.25, 0.3) is 0 Å². The van der Waals surface area contributed by atoms with E-state index in [-0.39, 0.29) is 30.2 Å². The van der Waals surface area contributed by atoms with Crippen molar-refractivity contribution < 1.29 is 23.5 Å². The molecule has 120 valence electrons. The minimum atomic E-state index is -0.684. The second kappa shape index (κ2) is 7.49. The van der Waals surface area contributed by atoms with Crippen LogP contribution in [0.5, 0.6) is 0 Å². The second-order valence-electron chi connectivity index (χ2n) is 4.55. The molecule has 23 heavy (non-hydrogen) atoms. The minimum absolute atomic E-state index is 0.0735. The molecule has 0 radical (unpaired) electrons. The Labute approximate surface area is 133 Å². The van der Waals surface area contributed by atoms with Crippen LogP contribution < -0.4 is 0 Å². The zero-order valence-electron chi connectivity index (χ0n) is 12.8. The first-order valence-corrected chi connectivity index (χ1v) is 7.18. The Morgan fingerprint density at radius 2 is 1.52 bits per heavy atom. The molecule has 0 unspecified atom stereocenters. The molecule has 2 aromatic rings. The Balaban J connectivity index is 2.55. The van der Waals surface area contributed by atoms with Crippen LogP contribution in [0.3, 0.4) is 0 Å². The van der Waals surface area contributed by atoms with Crippen molar-refractivity contribution in [2.45, 2.75) is 13.8 Å². The lowest BCUT2D eigenvalue weighted by Gasteiger charge is -2.09. The number of halogens is 1. The van der Waals surface area contributed by atoms with Gasteiger partial charge in [-0.2, -0.15) is 0 Å². The normalized spacial score (nSPS) is 10.2. The minimum Gasteiger partial charge on any atom is -0.461 e. The number of ether oxygens (including phenoxy) is 2. The number of pyridine rings is 1. The molecule has 1 aromatic heterocycles. The van der Waals surface area contributed by atoms with Crippen molar-refractivity contribution >= 4 is 11.9 Å². The third-order valence-electron chi connectivity index (χ3n) is 2.98. The summed E-state index contributed by atoms with van der Waals surface area (Å²) >= 11 is 0. The van der Waals surface area contributed by atoms with Gasteiger partial charge in [-0.25, -0.2) is 19.0 Å². The van der Waals surface area contributed by atoms with Gasteiger partial charge in [0.15, 0.2) is 0 Å². The fraction of sp³-hybridized carbons (Fsp3) is 0.235. The third kappa shape index (κ3) is 3.91. The highest BCUT2D eigenvalue weighted by Crippen LogP contribution is 2.24. The molecule has 0 saturated heterocycles. The van der Waals surface area contributed by atoms with Gasteiger partial charge in [0.2, 0.25) is 0 Å². The maximum Gasteiger partial charge on any atom is 0.356 e. The van der Waals surface area contributed by atoms with Gasteiger partial charge in [0.1, 0.15) is 17.2 Å². The summed E-state index contributed by atoms with van der Waals surface area (Å²) in [6, 6.07) is 8.84. The van der Waals surface area contributed by atoms with E-state index < -0.39 is 17.8 Å². The highest BCUT2D eigenvalue weighted by Gasteiger charge is 2.18. The molecule has 0 bridgehead atoms. The first-order chi connectivity index (χ1) is 11.1. The first-order valence-electron chi connectivity index (χ1n) is 7.18. The number of carbonyl (C=O) groups is 2. The molecular formula is C17H16FNO4. The lowest BCUT2D eigenvalue weighted by atomic mass is 10.0. The van der Waals surface area contributed by atoms with Crippen molar-refractivity contribution in [2.75, 3.05) is 13.2 Å². The van der Waals surface area contributed by atoms with Crippen molar-refractivity contribution in [3.05, 3.63) is 53.6 Å². The molecule has 0 amide bonds. The van der Waals surface area contributed by atoms with Gasteiger partial charge in [-0.15, -0.1) is 0 Å². The van der Waals surface area contributed by atoms with Crippen LogP contribution in [0.2, 0.25) is 0 Å². The van der Waals surface area contributed by atoms with E-state index in [9.17, 15) is 14.0 Å². The Morgan fingerprint density at radius 3 is 2.00 bits per heavy atom. The Bertz CT molecular complexity index is 694. The highest BCUT2D eigenvalue weighted by molar-refractivity contribution is 5.94. The molecule has 0 aliphatic heterocycles. The van der Waals surface area contributed by atoms with Crippen LogP contribution in [0.1, 0.15) is 34.8 Å². The first kappa shape index (κ1) is 16.6. The smallest absolute Gasteiger partial charge is 0.356 e. The summed E-state index contributed by atoms with van der Waals surface area (Å²) in [6.07, 6.45) is 0. The van der Waals surface area contributed by atoms with Crippen LogP contribution in [-0.2, 0) is 9.47 Å². The lowest BCUT2D eigenvalue weighted by Crippen LogP contribution is -2.13. The number of carbonyl (C=O) groups excluding carboxylic acids is 2. The fourth-order valence-electron chi connectivity index (χ4n) is 2.00. The molecule has 1 aromatic carbocycles. The number of benzene rings is 1. The predicted molar refractivity (Wildman–Crippen MR) is 81.5 cm³/mol. The average Bonchev–Trinajstić information content (AvgIpc) is 2.55. The summed E-state index contributed by atoms with van der Waals surface area (Å²) in [4.78, 5) is 27.8. The quantitative estimate of drug-likeness (QED) is 0.792. The monoisotopic (exact) mass is 317 g/mol. The zero-order valence-corrected chi connectivity index (χ0v) is 12.8. The van der Waals surface area contributed by atoms with Crippen molar-refractivity contribution in [3.63, 3.8) is 0 Å². The molecule has 0 aliphatic rings. The Kier molecular flexibility index (Phi) is 5.41. The van der Waals surface area contributed by atoms with Crippen molar-refractivity contribution in [2.24, 2.45) is 0 Å². The largest absolute Gasteiger partial charge is 0.461 e. The van der Waals surface area contributed by atoms with Crippen LogP contribution >= 0.6 is 0 Å². The summed E-state index contributed by atoms with van der Waals surface area (Å²) in [5.74, 6) is -1.84. The zero-order chi connectivity index (χ0) is 16.8. The van der Waals surface area contributed by atoms with Gasteiger partial charge < -0.3 is 9.47 Å². The summed E-state index contributed by atoms with van der Waals surface area (Å²) < 4.78 is 23.8. The van der Waals surface area contributed by atoms with Crippen LogP contribution in [0, 0.1) is 5.82 Å². The topological polar surface area (TPSA) is 65.5 Å². The molecule has 1 heterocycles. The van der Waals surface area contributed by atoms with Crippen LogP contribution in [-0.4, -0.2) is 30.1 Å². The summed E-state index contributed by atoms with van der Waals surface area (Å²) in [6.45, 7) is 3.65. The van der Waals surface area contributed by atoms with Gasteiger partial charge in [0.05, 0.1) is 13.2 Å². The molecule has 0 fully saturated rings. The number of aromatic nitrogens is 1. The number of hydrogen-bond acceptors (Lipinski definition) is 5. The third-order valence-corrected chi connectivity index (χ3v) is 2.98. The van der Waals surface area contributed by atoms with E-state index in [1.54, 1.807) is 32.0 Å². The standard InChI is InChI=1S/C17H16FNO4/c1-3-22-16(20)14-9-11(12-7-5-6-8-13(12)18)10-15(19-14)17(21)23-4-2/h5-10H,3-4H2,1-2H3. The lowest BCUT2D eigenvalue weighted by molar-refractivity contribution is 0.0511. The molecule has 0 saturated carbocycles. The molecule has 0 aliphatic carbocycles. The van der Waals surface area contributed by atoms with E-state index in [2.05, 4.69) is 4.98 Å². The van der Waals surface area contributed by atoms with Crippen molar-refractivity contribution in [1.82, 2.24) is 4.98 Å². The summed E-state index contributed by atoms with van der Waals surface area (Å²) in [7, 11) is 0. The van der Waals surface area contributed by atoms with E-state index in [1.807, 2.05) is 0 Å². The average molecular weight is 317 g/mol. The molecular weight excluding hydrogens is 301 g/mol. The van der Waals surface area contributed by atoms with Crippen LogP contribution in [0.25, 0.3) is 11.1 Å². The van der Waals surface area contributed by atoms with Gasteiger partial charge in [-0.05, 0) is 37.6 Å². The molecule has 0 spiro atoms. The Morgan fingerprint density at radius 1 is 1.00 bits per heavy atom. The SMILES string of the molecule is CCOC(=O)c1cc(-c2ccccc2F)cc(C(=O)OCC)n1. The maximum atomic E-state index is 14.0. The molecule has 0 N–H and O–H groups in total. The molecule has 0 atom stereocenters. The molecule has 5 nitrogen and oxygen atoms in total. The van der Waals surface area contributed by atoms with E-state index in [4.69, 9.17) is 9.47 Å². The number of nitrogens with zero attached hydrogens (tertiary/aromatic N) is 1. The van der Waals surface area contributed by atoms with Gasteiger partial charge in [-0.1, -0.05) is 18.2 Å². The van der Waals surface area contributed by atoms with E-state index in [0.717, 1.165) is 0 Å². The predicted octanol–water partition coefficient (Wildman–Crippen LogP) is 3.24. The van der Waals surface area contributed by atoms with Crippen molar-refractivity contribution in [1.29, 1.82) is 0 Å². The van der Waals surface area contributed by atoms with E-state index >= 15 is 0 Å². The fourth-order valence-corrected chi connectivity index (χ4v) is 2.00. The maximum absolute atomic E-state index is 14.0. The van der Waals surface area contributed by atoms with Gasteiger partial charge >= 0.3 is 11.9 Å². The molecule has 2 rings (SSSR count). The highest BCUT2D eigenvalue weighted by atomic mass is 19.1. The second-order valence-corrected chi connectivity index (χ2v) is 4.55. The number of hydrogen-bond donors (Lipinski definition) is 0. The number of esters is 2. The van der Waals surface area contributed by atoms with E-state index in [0.29, 0.717) is 5.56 Å². The number of rotatable bonds is 5. The van der Waals surface area contributed by atoms with Crippen LogP contribution in [0.15, 0.2) is 36.4 Å². The Hall–Kier alpha value is -2.76. The molecule has 6 heteroatoms. The summed E-state index contributed by atoms with van der Waals surface area (Å²) in [5.41, 5.74) is 0.460.